The normalized spacial score (nSPS) is 14.3. The summed E-state index contributed by atoms with van der Waals surface area (Å²) in [6.07, 6.45) is 1.67. The molecule has 26 heavy (non-hydrogen) atoms. The number of amides is 1. The molecule has 7 nitrogen and oxygen atoms in total. The van der Waals surface area contributed by atoms with E-state index in [-0.39, 0.29) is 17.9 Å². The van der Waals surface area contributed by atoms with Crippen molar-refractivity contribution < 1.29 is 14.3 Å². The summed E-state index contributed by atoms with van der Waals surface area (Å²) in [5, 5.41) is 11.8. The third-order valence-electron chi connectivity index (χ3n) is 4.16. The van der Waals surface area contributed by atoms with Crippen LogP contribution in [0.1, 0.15) is 32.4 Å². The molecule has 1 aliphatic rings. The van der Waals surface area contributed by atoms with Crippen LogP contribution in [0.15, 0.2) is 29.7 Å². The maximum atomic E-state index is 12.5. The van der Waals surface area contributed by atoms with Gasteiger partial charge in [-0.05, 0) is 30.5 Å². The van der Waals surface area contributed by atoms with Gasteiger partial charge < -0.3 is 19.4 Å². The van der Waals surface area contributed by atoms with Crippen molar-refractivity contribution in [3.63, 3.8) is 0 Å². The van der Waals surface area contributed by atoms with Crippen molar-refractivity contribution in [1.82, 2.24) is 20.1 Å². The summed E-state index contributed by atoms with van der Waals surface area (Å²) in [4.78, 5) is 12.5. The number of nitrogens with one attached hydrogen (secondary N) is 1. The molecule has 2 aromatic rings. The maximum Gasteiger partial charge on any atom is 0.230 e. The Labute approximate surface area is 157 Å². The molecular formula is C18H24N4O3S. The zero-order chi connectivity index (χ0) is 18.5. The summed E-state index contributed by atoms with van der Waals surface area (Å²) in [6.45, 7) is 8.08. The second kappa shape index (κ2) is 8.44. The number of rotatable bonds is 7. The van der Waals surface area contributed by atoms with E-state index in [1.807, 2.05) is 29.7 Å². The highest BCUT2D eigenvalue weighted by Crippen LogP contribution is 2.34. The van der Waals surface area contributed by atoms with Gasteiger partial charge in [0.15, 0.2) is 16.7 Å². The fourth-order valence-corrected chi connectivity index (χ4v) is 3.60. The van der Waals surface area contributed by atoms with E-state index in [2.05, 4.69) is 29.4 Å². The van der Waals surface area contributed by atoms with E-state index in [0.717, 1.165) is 28.8 Å². The van der Waals surface area contributed by atoms with Gasteiger partial charge in [0.05, 0.1) is 11.8 Å². The number of aryl methyl sites for hydroxylation is 1. The molecule has 140 valence electrons. The van der Waals surface area contributed by atoms with Crippen molar-refractivity contribution in [2.75, 3.05) is 19.0 Å². The van der Waals surface area contributed by atoms with Crippen LogP contribution in [0.5, 0.6) is 11.5 Å². The molecule has 1 aromatic carbocycles. The lowest BCUT2D eigenvalue weighted by molar-refractivity contribution is -0.119. The molecule has 3 rings (SSSR count). The standard InChI is InChI=1S/C18H24N4O3S/c1-4-22-11-19-21-18(22)26-10-16(23)20-17(12(2)3)13-5-6-14-15(9-13)25-8-7-24-14/h5-6,9,11-12,17H,4,7-8,10H2,1-3H3,(H,20,23)/t17-/m1/s1. The molecule has 0 unspecified atom stereocenters. The van der Waals surface area contributed by atoms with Gasteiger partial charge in [-0.1, -0.05) is 31.7 Å². The first-order chi connectivity index (χ1) is 12.6. The summed E-state index contributed by atoms with van der Waals surface area (Å²) in [6, 6.07) is 5.76. The molecule has 0 saturated heterocycles. The van der Waals surface area contributed by atoms with Crippen molar-refractivity contribution in [1.29, 1.82) is 0 Å². The van der Waals surface area contributed by atoms with Crippen molar-refractivity contribution in [2.24, 2.45) is 5.92 Å². The first-order valence-corrected chi connectivity index (χ1v) is 9.76. The Morgan fingerprint density at radius 3 is 2.81 bits per heavy atom. The monoisotopic (exact) mass is 376 g/mol. The fourth-order valence-electron chi connectivity index (χ4n) is 2.81. The number of thioether (sulfide) groups is 1. The average molecular weight is 376 g/mol. The summed E-state index contributed by atoms with van der Waals surface area (Å²) in [5.41, 5.74) is 1.01. The van der Waals surface area contributed by atoms with Crippen molar-refractivity contribution in [3.05, 3.63) is 30.1 Å². The topological polar surface area (TPSA) is 78.3 Å². The Morgan fingerprint density at radius 1 is 1.31 bits per heavy atom. The summed E-state index contributed by atoms with van der Waals surface area (Å²) in [7, 11) is 0. The van der Waals surface area contributed by atoms with Gasteiger partial charge in [-0.3, -0.25) is 4.79 Å². The molecule has 1 aliphatic heterocycles. The molecular weight excluding hydrogens is 352 g/mol. The smallest absolute Gasteiger partial charge is 0.230 e. The lowest BCUT2D eigenvalue weighted by Crippen LogP contribution is -2.33. The molecule has 0 aliphatic carbocycles. The molecule has 2 heterocycles. The van der Waals surface area contributed by atoms with E-state index >= 15 is 0 Å². The number of carbonyl (C=O) groups excluding carboxylic acids is 1. The minimum Gasteiger partial charge on any atom is -0.486 e. The van der Waals surface area contributed by atoms with Crippen LogP contribution in [0, 0.1) is 5.92 Å². The third-order valence-corrected chi connectivity index (χ3v) is 5.14. The zero-order valence-corrected chi connectivity index (χ0v) is 16.1. The van der Waals surface area contributed by atoms with Gasteiger partial charge in [0.2, 0.25) is 5.91 Å². The second-order valence-electron chi connectivity index (χ2n) is 6.38. The van der Waals surface area contributed by atoms with Crippen LogP contribution < -0.4 is 14.8 Å². The first kappa shape index (κ1) is 18.6. The van der Waals surface area contributed by atoms with Gasteiger partial charge in [-0.2, -0.15) is 0 Å². The van der Waals surface area contributed by atoms with Crippen molar-refractivity contribution >= 4 is 17.7 Å². The van der Waals surface area contributed by atoms with Crippen LogP contribution in [-0.4, -0.2) is 39.6 Å². The predicted molar refractivity (Wildman–Crippen MR) is 99.6 cm³/mol. The largest absolute Gasteiger partial charge is 0.486 e. The first-order valence-electron chi connectivity index (χ1n) is 8.78. The highest BCUT2D eigenvalue weighted by atomic mass is 32.2. The quantitative estimate of drug-likeness (QED) is 0.749. The number of benzene rings is 1. The number of fused-ring (bicyclic) bond motifs is 1. The van der Waals surface area contributed by atoms with Crippen molar-refractivity contribution in [3.8, 4) is 11.5 Å². The van der Waals surface area contributed by atoms with E-state index < -0.39 is 0 Å². The SMILES string of the molecule is CCn1cnnc1SCC(=O)N[C@@H](c1ccc2c(c1)OCCO2)C(C)C. The molecule has 1 N–H and O–H groups in total. The van der Waals surface area contributed by atoms with E-state index in [0.29, 0.717) is 19.0 Å². The molecule has 0 spiro atoms. The Hall–Kier alpha value is -2.22. The van der Waals surface area contributed by atoms with Crippen LogP contribution in [0.2, 0.25) is 0 Å². The highest BCUT2D eigenvalue weighted by Gasteiger charge is 2.21. The fraction of sp³-hybridized carbons (Fsp3) is 0.500. The minimum atomic E-state index is -0.0945. The predicted octanol–water partition coefficient (Wildman–Crippen LogP) is 2.67. The number of carbonyl (C=O) groups is 1. The minimum absolute atomic E-state index is 0.0331. The Bertz CT molecular complexity index is 763. The number of hydrogen-bond donors (Lipinski definition) is 1. The van der Waals surface area contributed by atoms with Crippen molar-refractivity contribution in [2.45, 2.75) is 38.5 Å². The highest BCUT2D eigenvalue weighted by molar-refractivity contribution is 7.99. The second-order valence-corrected chi connectivity index (χ2v) is 7.32. The van der Waals surface area contributed by atoms with E-state index in [4.69, 9.17) is 9.47 Å². The van der Waals surface area contributed by atoms with E-state index in [9.17, 15) is 4.79 Å². The number of aromatic nitrogens is 3. The van der Waals surface area contributed by atoms with Gasteiger partial charge in [0.1, 0.15) is 19.5 Å². The molecule has 1 atom stereocenters. The van der Waals surface area contributed by atoms with Gasteiger partial charge >= 0.3 is 0 Å². The summed E-state index contributed by atoms with van der Waals surface area (Å²) < 4.78 is 13.1. The van der Waals surface area contributed by atoms with Crippen LogP contribution in [-0.2, 0) is 11.3 Å². The molecule has 0 saturated carbocycles. The molecule has 8 heteroatoms. The Balaban J connectivity index is 1.65. The van der Waals surface area contributed by atoms with Crippen LogP contribution >= 0.6 is 11.8 Å². The molecule has 0 bridgehead atoms. The van der Waals surface area contributed by atoms with Gasteiger partial charge in [-0.25, -0.2) is 0 Å². The van der Waals surface area contributed by atoms with E-state index in [1.54, 1.807) is 6.33 Å². The average Bonchev–Trinajstić information content (AvgIpc) is 3.11. The maximum absolute atomic E-state index is 12.5. The third kappa shape index (κ3) is 4.30. The Kier molecular flexibility index (Phi) is 6.03. The van der Waals surface area contributed by atoms with Crippen LogP contribution in [0.4, 0.5) is 0 Å². The lowest BCUT2D eigenvalue weighted by Gasteiger charge is -2.25. The van der Waals surface area contributed by atoms with Crippen LogP contribution in [0.25, 0.3) is 0 Å². The van der Waals surface area contributed by atoms with Gasteiger partial charge in [-0.15, -0.1) is 10.2 Å². The zero-order valence-electron chi connectivity index (χ0n) is 15.3. The molecule has 0 radical (unpaired) electrons. The summed E-state index contributed by atoms with van der Waals surface area (Å²) >= 11 is 1.39. The van der Waals surface area contributed by atoms with Crippen LogP contribution in [0.3, 0.4) is 0 Å². The summed E-state index contributed by atoms with van der Waals surface area (Å²) in [5.74, 6) is 1.99. The number of ether oxygens (including phenoxy) is 2. The molecule has 0 fully saturated rings. The Morgan fingerprint density at radius 2 is 2.08 bits per heavy atom. The molecule has 1 aromatic heterocycles. The lowest BCUT2D eigenvalue weighted by atomic mass is 9.95. The number of hydrogen-bond acceptors (Lipinski definition) is 6. The van der Waals surface area contributed by atoms with Gasteiger partial charge in [0.25, 0.3) is 0 Å². The van der Waals surface area contributed by atoms with E-state index in [1.165, 1.54) is 11.8 Å². The van der Waals surface area contributed by atoms with Gasteiger partial charge in [0, 0.05) is 6.54 Å². The number of nitrogens with zero attached hydrogens (tertiary/aromatic N) is 3. The molecule has 1 amide bonds.